The molecule has 2 aromatic rings. The number of esters is 1. The van der Waals surface area contributed by atoms with E-state index >= 15 is 0 Å². The highest BCUT2D eigenvalue weighted by Crippen LogP contribution is 2.22. The zero-order valence-electron chi connectivity index (χ0n) is 18.3. The molecule has 8 heteroatoms. The zero-order chi connectivity index (χ0) is 22.8. The van der Waals surface area contributed by atoms with E-state index in [-0.39, 0.29) is 38.7 Å². The third-order valence-corrected chi connectivity index (χ3v) is 7.67. The van der Waals surface area contributed by atoms with E-state index in [9.17, 15) is 18.0 Å². The Kier molecular flexibility index (Phi) is 6.81. The molecule has 1 saturated heterocycles. The van der Waals surface area contributed by atoms with Crippen molar-refractivity contribution >= 4 is 21.9 Å². The summed E-state index contributed by atoms with van der Waals surface area (Å²) in [6.07, 6.45) is 0. The van der Waals surface area contributed by atoms with Crippen molar-refractivity contribution in [1.82, 2.24) is 9.21 Å². The van der Waals surface area contributed by atoms with Crippen molar-refractivity contribution in [2.75, 3.05) is 32.8 Å². The van der Waals surface area contributed by atoms with Gasteiger partial charge in [-0.2, -0.15) is 4.31 Å². The molecule has 166 valence electrons. The molecule has 0 atom stereocenters. The summed E-state index contributed by atoms with van der Waals surface area (Å²) >= 11 is 0. The van der Waals surface area contributed by atoms with Gasteiger partial charge in [-0.1, -0.05) is 23.8 Å². The van der Waals surface area contributed by atoms with Crippen LogP contribution in [-0.2, 0) is 19.6 Å². The number of aryl methyl sites for hydroxylation is 4. The molecule has 0 spiro atoms. The van der Waals surface area contributed by atoms with Crippen LogP contribution in [0.5, 0.6) is 0 Å². The quantitative estimate of drug-likeness (QED) is 0.662. The van der Waals surface area contributed by atoms with Gasteiger partial charge in [0.25, 0.3) is 5.91 Å². The first-order chi connectivity index (χ1) is 14.6. The average Bonchev–Trinajstić information content (AvgIpc) is 2.73. The van der Waals surface area contributed by atoms with Crippen molar-refractivity contribution in [2.24, 2.45) is 0 Å². The molecule has 1 fully saturated rings. The topological polar surface area (TPSA) is 84.0 Å². The average molecular weight is 445 g/mol. The predicted molar refractivity (Wildman–Crippen MR) is 117 cm³/mol. The first kappa shape index (κ1) is 23.0. The maximum atomic E-state index is 13.0. The summed E-state index contributed by atoms with van der Waals surface area (Å²) in [6.45, 7) is 8.10. The molecular weight excluding hydrogens is 416 g/mol. The van der Waals surface area contributed by atoms with Crippen LogP contribution < -0.4 is 0 Å². The van der Waals surface area contributed by atoms with Crippen LogP contribution in [0.3, 0.4) is 0 Å². The molecular formula is C23H28N2O5S. The van der Waals surface area contributed by atoms with Gasteiger partial charge in [0.2, 0.25) is 10.0 Å². The molecule has 1 amide bonds. The van der Waals surface area contributed by atoms with Gasteiger partial charge < -0.3 is 9.64 Å². The van der Waals surface area contributed by atoms with Gasteiger partial charge in [0.1, 0.15) is 0 Å². The number of hydrogen-bond acceptors (Lipinski definition) is 5. The van der Waals surface area contributed by atoms with Crippen LogP contribution in [0.25, 0.3) is 0 Å². The first-order valence-corrected chi connectivity index (χ1v) is 11.6. The summed E-state index contributed by atoms with van der Waals surface area (Å²) in [5.41, 5.74) is 4.16. The second-order valence-corrected chi connectivity index (χ2v) is 9.84. The van der Waals surface area contributed by atoms with Crippen molar-refractivity contribution in [2.45, 2.75) is 32.6 Å². The Morgan fingerprint density at radius 3 is 2.16 bits per heavy atom. The highest BCUT2D eigenvalue weighted by molar-refractivity contribution is 7.89. The standard InChI is InChI=1S/C23H28N2O5S/c1-16-5-8-21(19(4)13-16)31(28,29)25-11-9-24(10-12-25)22(26)15-30-23(27)20-7-6-17(2)18(3)14-20/h5-8,13-14H,9-12,15H2,1-4H3. The molecule has 0 unspecified atom stereocenters. The van der Waals surface area contributed by atoms with Crippen molar-refractivity contribution < 1.29 is 22.7 Å². The van der Waals surface area contributed by atoms with E-state index < -0.39 is 16.0 Å². The summed E-state index contributed by atoms with van der Waals surface area (Å²) in [5.74, 6) is -0.881. The Balaban J connectivity index is 1.55. The number of rotatable bonds is 5. The lowest BCUT2D eigenvalue weighted by Crippen LogP contribution is -2.51. The molecule has 1 aliphatic heterocycles. The highest BCUT2D eigenvalue weighted by atomic mass is 32.2. The Hall–Kier alpha value is -2.71. The van der Waals surface area contributed by atoms with Crippen LogP contribution in [0, 0.1) is 27.7 Å². The lowest BCUT2D eigenvalue weighted by Gasteiger charge is -2.34. The Morgan fingerprint density at radius 1 is 0.871 bits per heavy atom. The van der Waals surface area contributed by atoms with E-state index in [2.05, 4.69) is 0 Å². The summed E-state index contributed by atoms with van der Waals surface area (Å²) in [5, 5.41) is 0. The lowest BCUT2D eigenvalue weighted by atomic mass is 10.1. The van der Waals surface area contributed by atoms with Gasteiger partial charge in [-0.3, -0.25) is 4.79 Å². The third-order valence-electron chi connectivity index (χ3n) is 5.61. The van der Waals surface area contributed by atoms with Crippen LogP contribution in [-0.4, -0.2) is 62.3 Å². The van der Waals surface area contributed by atoms with Crippen LogP contribution >= 0.6 is 0 Å². The van der Waals surface area contributed by atoms with Crippen molar-refractivity contribution in [3.05, 3.63) is 64.2 Å². The van der Waals surface area contributed by atoms with Crippen LogP contribution in [0.15, 0.2) is 41.3 Å². The van der Waals surface area contributed by atoms with Crippen molar-refractivity contribution in [3.8, 4) is 0 Å². The fraction of sp³-hybridized carbons (Fsp3) is 0.391. The van der Waals surface area contributed by atoms with Crippen LogP contribution in [0.4, 0.5) is 0 Å². The van der Waals surface area contributed by atoms with E-state index in [0.29, 0.717) is 16.0 Å². The third kappa shape index (κ3) is 5.14. The van der Waals surface area contributed by atoms with Gasteiger partial charge in [0.05, 0.1) is 10.5 Å². The van der Waals surface area contributed by atoms with Gasteiger partial charge in [-0.05, 0) is 62.6 Å². The minimum atomic E-state index is -3.62. The van der Waals surface area contributed by atoms with E-state index in [1.54, 1.807) is 31.2 Å². The number of carbonyl (C=O) groups is 2. The number of hydrogen-bond donors (Lipinski definition) is 0. The first-order valence-electron chi connectivity index (χ1n) is 10.2. The zero-order valence-corrected chi connectivity index (χ0v) is 19.2. The van der Waals surface area contributed by atoms with E-state index in [4.69, 9.17) is 4.74 Å². The second-order valence-electron chi connectivity index (χ2n) is 7.93. The number of benzene rings is 2. The minimum absolute atomic E-state index is 0.201. The number of nitrogens with zero attached hydrogens (tertiary/aromatic N) is 2. The molecule has 3 rings (SSSR count). The normalized spacial score (nSPS) is 15.0. The number of sulfonamides is 1. The summed E-state index contributed by atoms with van der Waals surface area (Å²) in [7, 11) is -3.62. The molecule has 1 heterocycles. The largest absolute Gasteiger partial charge is 0.452 e. The summed E-state index contributed by atoms with van der Waals surface area (Å²) < 4.78 is 32.5. The lowest BCUT2D eigenvalue weighted by molar-refractivity contribution is -0.135. The van der Waals surface area contributed by atoms with E-state index in [0.717, 1.165) is 16.7 Å². The summed E-state index contributed by atoms with van der Waals surface area (Å²) in [6, 6.07) is 10.5. The minimum Gasteiger partial charge on any atom is -0.452 e. The molecule has 0 bridgehead atoms. The predicted octanol–water partition coefficient (Wildman–Crippen LogP) is 2.61. The number of ether oxygens (including phenoxy) is 1. The SMILES string of the molecule is Cc1ccc(S(=O)(=O)N2CCN(C(=O)COC(=O)c3ccc(C)c(C)c3)CC2)c(C)c1. The molecule has 0 radical (unpaired) electrons. The fourth-order valence-electron chi connectivity index (χ4n) is 3.58. The van der Waals surface area contributed by atoms with Gasteiger partial charge in [-0.25, -0.2) is 13.2 Å². The Morgan fingerprint density at radius 2 is 1.55 bits per heavy atom. The molecule has 0 aliphatic carbocycles. The molecule has 0 saturated carbocycles. The molecule has 0 aromatic heterocycles. The monoisotopic (exact) mass is 444 g/mol. The van der Waals surface area contributed by atoms with E-state index in [1.807, 2.05) is 32.9 Å². The van der Waals surface area contributed by atoms with E-state index in [1.165, 1.54) is 9.21 Å². The van der Waals surface area contributed by atoms with Crippen LogP contribution in [0.1, 0.15) is 32.6 Å². The smallest absolute Gasteiger partial charge is 0.338 e. The van der Waals surface area contributed by atoms with Crippen molar-refractivity contribution in [1.29, 1.82) is 0 Å². The number of carbonyl (C=O) groups excluding carboxylic acids is 2. The maximum Gasteiger partial charge on any atom is 0.338 e. The molecule has 0 N–H and O–H groups in total. The molecule has 7 nitrogen and oxygen atoms in total. The maximum absolute atomic E-state index is 13.0. The Labute approximate surface area is 183 Å². The molecule has 2 aromatic carbocycles. The van der Waals surface area contributed by atoms with Crippen molar-refractivity contribution in [3.63, 3.8) is 0 Å². The molecule has 31 heavy (non-hydrogen) atoms. The van der Waals surface area contributed by atoms with Gasteiger partial charge in [-0.15, -0.1) is 0 Å². The number of amides is 1. The fourth-order valence-corrected chi connectivity index (χ4v) is 5.20. The second kappa shape index (κ2) is 9.20. The Bertz CT molecular complexity index is 1100. The highest BCUT2D eigenvalue weighted by Gasteiger charge is 2.31. The van der Waals surface area contributed by atoms with Gasteiger partial charge >= 0.3 is 5.97 Å². The summed E-state index contributed by atoms with van der Waals surface area (Å²) in [4.78, 5) is 26.5. The van der Waals surface area contributed by atoms with Gasteiger partial charge in [0, 0.05) is 26.2 Å². The molecule has 1 aliphatic rings. The van der Waals surface area contributed by atoms with Gasteiger partial charge in [0.15, 0.2) is 6.61 Å². The van der Waals surface area contributed by atoms with Crippen LogP contribution in [0.2, 0.25) is 0 Å². The number of piperazine rings is 1.